The minimum Gasteiger partial charge on any atom is -0.496 e. The molecule has 2 N–H and O–H groups in total. The summed E-state index contributed by atoms with van der Waals surface area (Å²) in [6.07, 6.45) is 0.544. The quantitative estimate of drug-likeness (QED) is 0.901. The lowest BCUT2D eigenvalue weighted by Gasteiger charge is -2.36. The van der Waals surface area contributed by atoms with Gasteiger partial charge in [0.25, 0.3) is 0 Å². The van der Waals surface area contributed by atoms with Gasteiger partial charge in [-0.15, -0.1) is 0 Å². The first-order valence-corrected chi connectivity index (χ1v) is 6.86. The number of rotatable bonds is 4. The molecule has 2 rings (SSSR count). The van der Waals surface area contributed by atoms with Crippen LogP contribution in [0.5, 0.6) is 5.75 Å². The first kappa shape index (κ1) is 14.3. The van der Waals surface area contributed by atoms with Crippen LogP contribution in [-0.2, 0) is 4.74 Å². The fourth-order valence-electron chi connectivity index (χ4n) is 2.78. The Labute approximate surface area is 115 Å². The van der Waals surface area contributed by atoms with Gasteiger partial charge in [0, 0.05) is 31.2 Å². The van der Waals surface area contributed by atoms with Crippen LogP contribution in [0.1, 0.15) is 25.5 Å². The van der Waals surface area contributed by atoms with Crippen LogP contribution in [-0.4, -0.2) is 43.9 Å². The second-order valence-electron chi connectivity index (χ2n) is 5.32. The third-order valence-electron chi connectivity index (χ3n) is 3.49. The predicted octanol–water partition coefficient (Wildman–Crippen LogP) is 1.80. The molecule has 0 aromatic heterocycles. The SMILES string of the molecule is COc1ccccc1C(N)CN1C[C@@H](C)O[C@@H](C)C1. The minimum atomic E-state index is -0.0337. The maximum absolute atomic E-state index is 6.33. The molecule has 1 aliphatic heterocycles. The fraction of sp³-hybridized carbons (Fsp3) is 0.600. The summed E-state index contributed by atoms with van der Waals surface area (Å²) in [6, 6.07) is 7.93. The van der Waals surface area contributed by atoms with E-state index in [-0.39, 0.29) is 18.2 Å². The highest BCUT2D eigenvalue weighted by Gasteiger charge is 2.24. The summed E-state index contributed by atoms with van der Waals surface area (Å²) in [7, 11) is 1.68. The van der Waals surface area contributed by atoms with Gasteiger partial charge in [0.05, 0.1) is 19.3 Å². The van der Waals surface area contributed by atoms with Crippen LogP contribution in [0.3, 0.4) is 0 Å². The summed E-state index contributed by atoms with van der Waals surface area (Å²) in [5.41, 5.74) is 7.40. The number of morpholine rings is 1. The summed E-state index contributed by atoms with van der Waals surface area (Å²) in [6.45, 7) is 6.92. The largest absolute Gasteiger partial charge is 0.496 e. The molecular weight excluding hydrogens is 240 g/mol. The van der Waals surface area contributed by atoms with Crippen molar-refractivity contribution in [3.05, 3.63) is 29.8 Å². The van der Waals surface area contributed by atoms with Crippen molar-refractivity contribution in [1.29, 1.82) is 0 Å². The molecule has 0 spiro atoms. The fourth-order valence-corrected chi connectivity index (χ4v) is 2.78. The Kier molecular flexibility index (Phi) is 4.80. The van der Waals surface area contributed by atoms with Crippen LogP contribution in [0.4, 0.5) is 0 Å². The van der Waals surface area contributed by atoms with E-state index in [1.165, 1.54) is 0 Å². The summed E-state index contributed by atoms with van der Waals surface area (Å²) < 4.78 is 11.1. The molecule has 1 unspecified atom stereocenters. The normalized spacial score (nSPS) is 26.1. The molecule has 0 aliphatic carbocycles. The lowest BCUT2D eigenvalue weighted by molar-refractivity contribution is -0.0692. The molecule has 3 atom stereocenters. The molecule has 4 heteroatoms. The van der Waals surface area contributed by atoms with Gasteiger partial charge in [-0.2, -0.15) is 0 Å². The van der Waals surface area contributed by atoms with Gasteiger partial charge in [0.1, 0.15) is 5.75 Å². The standard InChI is InChI=1S/C15H24N2O2/c1-11-8-17(9-12(2)19-11)10-14(16)13-6-4-5-7-15(13)18-3/h4-7,11-12,14H,8-10,16H2,1-3H3/t11-,12+,14?. The van der Waals surface area contributed by atoms with Gasteiger partial charge in [-0.25, -0.2) is 0 Å². The topological polar surface area (TPSA) is 47.7 Å². The number of nitrogens with zero attached hydrogens (tertiary/aromatic N) is 1. The van der Waals surface area contributed by atoms with Crippen LogP contribution >= 0.6 is 0 Å². The van der Waals surface area contributed by atoms with Gasteiger partial charge in [-0.3, -0.25) is 4.90 Å². The summed E-state index contributed by atoms with van der Waals surface area (Å²) >= 11 is 0. The first-order valence-electron chi connectivity index (χ1n) is 6.86. The Morgan fingerprint density at radius 1 is 1.32 bits per heavy atom. The van der Waals surface area contributed by atoms with Crippen molar-refractivity contribution in [3.63, 3.8) is 0 Å². The van der Waals surface area contributed by atoms with Gasteiger partial charge in [-0.1, -0.05) is 18.2 Å². The number of para-hydroxylation sites is 1. The molecule has 0 saturated carbocycles. The number of hydrogen-bond acceptors (Lipinski definition) is 4. The molecule has 0 radical (unpaired) electrons. The summed E-state index contributed by atoms with van der Waals surface area (Å²) in [5, 5.41) is 0. The molecule has 106 valence electrons. The van der Waals surface area contributed by atoms with Crippen molar-refractivity contribution in [2.45, 2.75) is 32.1 Å². The molecule has 1 heterocycles. The van der Waals surface area contributed by atoms with Crippen LogP contribution in [0, 0.1) is 0 Å². The van der Waals surface area contributed by atoms with Crippen LogP contribution < -0.4 is 10.5 Å². The number of nitrogens with two attached hydrogens (primary N) is 1. The van der Waals surface area contributed by atoms with E-state index >= 15 is 0 Å². The van der Waals surface area contributed by atoms with Gasteiger partial charge in [0.15, 0.2) is 0 Å². The monoisotopic (exact) mass is 264 g/mol. The third-order valence-corrected chi connectivity index (χ3v) is 3.49. The van der Waals surface area contributed by atoms with Crippen molar-refractivity contribution in [2.24, 2.45) is 5.73 Å². The first-order chi connectivity index (χ1) is 9.10. The van der Waals surface area contributed by atoms with E-state index < -0.39 is 0 Å². The highest BCUT2D eigenvalue weighted by molar-refractivity contribution is 5.35. The lowest BCUT2D eigenvalue weighted by atomic mass is 10.1. The Morgan fingerprint density at radius 2 is 1.95 bits per heavy atom. The molecule has 4 nitrogen and oxygen atoms in total. The smallest absolute Gasteiger partial charge is 0.123 e. The van der Waals surface area contributed by atoms with Gasteiger partial charge in [-0.05, 0) is 19.9 Å². The van der Waals surface area contributed by atoms with Crippen molar-refractivity contribution in [2.75, 3.05) is 26.7 Å². The number of benzene rings is 1. The zero-order valence-electron chi connectivity index (χ0n) is 12.0. The van der Waals surface area contributed by atoms with E-state index in [1.807, 2.05) is 24.3 Å². The molecule has 1 fully saturated rings. The molecule has 0 bridgehead atoms. The maximum Gasteiger partial charge on any atom is 0.123 e. The number of methoxy groups -OCH3 is 1. The van der Waals surface area contributed by atoms with Crippen molar-refractivity contribution < 1.29 is 9.47 Å². The minimum absolute atomic E-state index is 0.0337. The van der Waals surface area contributed by atoms with Crippen LogP contribution in [0.15, 0.2) is 24.3 Å². The second-order valence-corrected chi connectivity index (χ2v) is 5.32. The molecule has 1 saturated heterocycles. The molecule has 1 aliphatic rings. The van der Waals surface area contributed by atoms with E-state index in [0.29, 0.717) is 0 Å². The number of hydrogen-bond donors (Lipinski definition) is 1. The predicted molar refractivity (Wildman–Crippen MR) is 76.4 cm³/mol. The number of ether oxygens (including phenoxy) is 2. The Balaban J connectivity index is 2.02. The van der Waals surface area contributed by atoms with E-state index in [0.717, 1.165) is 30.9 Å². The van der Waals surface area contributed by atoms with Crippen molar-refractivity contribution in [3.8, 4) is 5.75 Å². The molecule has 19 heavy (non-hydrogen) atoms. The zero-order chi connectivity index (χ0) is 13.8. The van der Waals surface area contributed by atoms with E-state index in [1.54, 1.807) is 7.11 Å². The van der Waals surface area contributed by atoms with Crippen molar-refractivity contribution in [1.82, 2.24) is 4.90 Å². The highest BCUT2D eigenvalue weighted by Crippen LogP contribution is 2.24. The highest BCUT2D eigenvalue weighted by atomic mass is 16.5. The Hall–Kier alpha value is -1.10. The van der Waals surface area contributed by atoms with Gasteiger partial charge >= 0.3 is 0 Å². The van der Waals surface area contributed by atoms with Gasteiger partial charge in [0.2, 0.25) is 0 Å². The molecule has 1 aromatic rings. The van der Waals surface area contributed by atoms with Crippen molar-refractivity contribution >= 4 is 0 Å². The van der Waals surface area contributed by atoms with E-state index in [4.69, 9.17) is 15.2 Å². The summed E-state index contributed by atoms with van der Waals surface area (Å²) in [4.78, 5) is 2.37. The zero-order valence-corrected chi connectivity index (χ0v) is 12.0. The molecule has 1 aromatic carbocycles. The summed E-state index contributed by atoms with van der Waals surface area (Å²) in [5.74, 6) is 0.865. The van der Waals surface area contributed by atoms with Crippen LogP contribution in [0.25, 0.3) is 0 Å². The third kappa shape index (κ3) is 3.69. The van der Waals surface area contributed by atoms with E-state index in [2.05, 4.69) is 18.7 Å². The Bertz CT molecular complexity index is 401. The average molecular weight is 264 g/mol. The lowest BCUT2D eigenvalue weighted by Crippen LogP contribution is -2.47. The Morgan fingerprint density at radius 3 is 2.58 bits per heavy atom. The average Bonchev–Trinajstić information content (AvgIpc) is 2.37. The van der Waals surface area contributed by atoms with Gasteiger partial charge < -0.3 is 15.2 Å². The second kappa shape index (κ2) is 6.37. The van der Waals surface area contributed by atoms with Crippen LogP contribution in [0.2, 0.25) is 0 Å². The maximum atomic E-state index is 6.33. The molecule has 0 amide bonds. The van der Waals surface area contributed by atoms with E-state index in [9.17, 15) is 0 Å². The molecular formula is C15H24N2O2.